The van der Waals surface area contributed by atoms with Crippen molar-refractivity contribution in [3.63, 3.8) is 0 Å². The molecule has 0 aromatic heterocycles. The van der Waals surface area contributed by atoms with Gasteiger partial charge >= 0.3 is 0 Å². The highest BCUT2D eigenvalue weighted by molar-refractivity contribution is 5.83. The Hall–Kier alpha value is -4.10. The monoisotopic (exact) mass is 423 g/mol. The number of hydrogen-bond donors (Lipinski definition) is 0. The van der Waals surface area contributed by atoms with Crippen molar-refractivity contribution < 1.29 is 0 Å². The van der Waals surface area contributed by atoms with E-state index >= 15 is 0 Å². The highest BCUT2D eigenvalue weighted by atomic mass is 15.1. The smallest absolute Gasteiger partial charge is 0.0464 e. The van der Waals surface area contributed by atoms with Gasteiger partial charge in [0.15, 0.2) is 0 Å². The largest absolute Gasteiger partial charge is 0.310 e. The molecule has 5 aromatic carbocycles. The lowest BCUT2D eigenvalue weighted by molar-refractivity contribution is 1.26. The predicted octanol–water partition coefficient (Wildman–Crippen LogP) is 8.70. The van der Waals surface area contributed by atoms with Crippen LogP contribution in [0.1, 0.15) is 16.7 Å². The van der Waals surface area contributed by atoms with Crippen molar-refractivity contribution >= 4 is 17.1 Å². The van der Waals surface area contributed by atoms with Gasteiger partial charge in [-0.1, -0.05) is 78.9 Å². The van der Waals surface area contributed by atoms with E-state index in [1.807, 2.05) is 0 Å². The standard InChI is InChI=1S/C32H25N/c1-23-8-7-12-30(20-23)33(28-10-3-2-4-11-28)29-18-16-24(17-19-29)25-14-15-27-21-26-9-5-6-13-31(26)32(27)22-25/h2-20,22H,21H2,1H3. The van der Waals surface area contributed by atoms with Crippen molar-refractivity contribution in [1.29, 1.82) is 0 Å². The van der Waals surface area contributed by atoms with Crippen LogP contribution in [0.25, 0.3) is 22.3 Å². The number of anilines is 3. The Morgan fingerprint density at radius 2 is 1.15 bits per heavy atom. The summed E-state index contributed by atoms with van der Waals surface area (Å²) >= 11 is 0. The molecular weight excluding hydrogens is 398 g/mol. The summed E-state index contributed by atoms with van der Waals surface area (Å²) in [5.41, 5.74) is 12.8. The van der Waals surface area contributed by atoms with Crippen LogP contribution >= 0.6 is 0 Å². The first-order valence-electron chi connectivity index (χ1n) is 11.5. The zero-order chi connectivity index (χ0) is 22.2. The molecule has 0 unspecified atom stereocenters. The molecule has 158 valence electrons. The Balaban J connectivity index is 1.38. The minimum atomic E-state index is 1.03. The van der Waals surface area contributed by atoms with Crippen LogP contribution < -0.4 is 4.90 Å². The fraction of sp³-hybridized carbons (Fsp3) is 0.0625. The van der Waals surface area contributed by atoms with E-state index in [-0.39, 0.29) is 0 Å². The van der Waals surface area contributed by atoms with Gasteiger partial charge in [-0.3, -0.25) is 0 Å². The predicted molar refractivity (Wildman–Crippen MR) is 140 cm³/mol. The van der Waals surface area contributed by atoms with E-state index in [2.05, 4.69) is 133 Å². The van der Waals surface area contributed by atoms with Crippen molar-refractivity contribution in [2.75, 3.05) is 4.90 Å². The van der Waals surface area contributed by atoms with Crippen LogP contribution in [0, 0.1) is 6.92 Å². The van der Waals surface area contributed by atoms with Crippen LogP contribution in [0.2, 0.25) is 0 Å². The number of rotatable bonds is 4. The van der Waals surface area contributed by atoms with Gasteiger partial charge in [-0.15, -0.1) is 0 Å². The Morgan fingerprint density at radius 3 is 1.97 bits per heavy atom. The van der Waals surface area contributed by atoms with E-state index in [4.69, 9.17) is 0 Å². The number of hydrogen-bond acceptors (Lipinski definition) is 1. The molecule has 6 rings (SSSR count). The van der Waals surface area contributed by atoms with E-state index in [0.29, 0.717) is 0 Å². The molecular formula is C32H25N. The van der Waals surface area contributed by atoms with Crippen LogP contribution in [0.15, 0.2) is 121 Å². The summed E-state index contributed by atoms with van der Waals surface area (Å²) in [4.78, 5) is 2.32. The molecule has 33 heavy (non-hydrogen) atoms. The van der Waals surface area contributed by atoms with Crippen molar-refractivity contribution in [2.24, 2.45) is 0 Å². The fourth-order valence-electron chi connectivity index (χ4n) is 4.90. The first kappa shape index (κ1) is 19.6. The molecule has 0 spiro atoms. The minimum Gasteiger partial charge on any atom is -0.310 e. The SMILES string of the molecule is Cc1cccc(N(c2ccccc2)c2ccc(-c3ccc4c(c3)-c3ccccc3C4)cc2)c1. The number of para-hydroxylation sites is 1. The van der Waals surface area contributed by atoms with E-state index in [9.17, 15) is 0 Å². The quantitative estimate of drug-likeness (QED) is 0.274. The molecule has 0 fully saturated rings. The van der Waals surface area contributed by atoms with Gasteiger partial charge in [-0.05, 0) is 94.8 Å². The third kappa shape index (κ3) is 3.62. The highest BCUT2D eigenvalue weighted by Crippen LogP contribution is 2.40. The summed E-state index contributed by atoms with van der Waals surface area (Å²) < 4.78 is 0. The van der Waals surface area contributed by atoms with Gasteiger partial charge in [0.1, 0.15) is 0 Å². The molecule has 1 heteroatoms. The molecule has 0 bridgehead atoms. The number of nitrogens with zero attached hydrogens (tertiary/aromatic N) is 1. The average Bonchev–Trinajstić information content (AvgIpc) is 3.23. The maximum atomic E-state index is 2.35. The molecule has 0 saturated carbocycles. The van der Waals surface area contributed by atoms with E-state index in [1.54, 1.807) is 0 Å². The van der Waals surface area contributed by atoms with Crippen molar-refractivity contribution in [2.45, 2.75) is 13.3 Å². The van der Waals surface area contributed by atoms with Gasteiger partial charge < -0.3 is 4.90 Å². The molecule has 0 amide bonds. The summed E-state index contributed by atoms with van der Waals surface area (Å²) in [6.45, 7) is 2.14. The van der Waals surface area contributed by atoms with Crippen LogP contribution in [-0.2, 0) is 6.42 Å². The zero-order valence-corrected chi connectivity index (χ0v) is 18.7. The second kappa shape index (κ2) is 8.11. The van der Waals surface area contributed by atoms with E-state index in [1.165, 1.54) is 44.6 Å². The highest BCUT2D eigenvalue weighted by Gasteiger charge is 2.18. The lowest BCUT2D eigenvalue weighted by Crippen LogP contribution is -2.09. The molecule has 0 aliphatic heterocycles. The molecule has 0 N–H and O–H groups in total. The Bertz CT molecular complexity index is 1430. The van der Waals surface area contributed by atoms with Gasteiger partial charge in [0.2, 0.25) is 0 Å². The van der Waals surface area contributed by atoms with Crippen LogP contribution in [0.5, 0.6) is 0 Å². The maximum absolute atomic E-state index is 2.35. The lowest BCUT2D eigenvalue weighted by Gasteiger charge is -2.26. The minimum absolute atomic E-state index is 1.03. The van der Waals surface area contributed by atoms with Gasteiger partial charge in [-0.25, -0.2) is 0 Å². The van der Waals surface area contributed by atoms with Crippen molar-refractivity contribution in [3.8, 4) is 22.3 Å². The van der Waals surface area contributed by atoms with Gasteiger partial charge in [0.25, 0.3) is 0 Å². The topological polar surface area (TPSA) is 3.24 Å². The maximum Gasteiger partial charge on any atom is 0.0464 e. The summed E-state index contributed by atoms with van der Waals surface area (Å²) in [5, 5.41) is 0. The third-order valence-electron chi connectivity index (χ3n) is 6.53. The molecule has 5 aromatic rings. The van der Waals surface area contributed by atoms with Gasteiger partial charge in [0, 0.05) is 17.1 Å². The summed E-state index contributed by atoms with van der Waals surface area (Å²) in [6, 6.07) is 43.8. The molecule has 0 heterocycles. The molecule has 1 nitrogen and oxygen atoms in total. The second-order valence-corrected chi connectivity index (χ2v) is 8.76. The Morgan fingerprint density at radius 1 is 0.485 bits per heavy atom. The first-order valence-corrected chi connectivity index (χ1v) is 11.5. The fourth-order valence-corrected chi connectivity index (χ4v) is 4.90. The average molecular weight is 424 g/mol. The van der Waals surface area contributed by atoms with Crippen molar-refractivity contribution in [1.82, 2.24) is 0 Å². The van der Waals surface area contributed by atoms with E-state index in [0.717, 1.165) is 17.8 Å². The van der Waals surface area contributed by atoms with E-state index < -0.39 is 0 Å². The number of aryl methyl sites for hydroxylation is 1. The van der Waals surface area contributed by atoms with Gasteiger partial charge in [-0.2, -0.15) is 0 Å². The molecule has 1 aliphatic rings. The van der Waals surface area contributed by atoms with Crippen LogP contribution in [-0.4, -0.2) is 0 Å². The molecule has 0 radical (unpaired) electrons. The van der Waals surface area contributed by atoms with Gasteiger partial charge in [0.05, 0.1) is 0 Å². The molecule has 0 atom stereocenters. The second-order valence-electron chi connectivity index (χ2n) is 8.76. The Labute approximate surface area is 195 Å². The molecule has 0 saturated heterocycles. The van der Waals surface area contributed by atoms with Crippen molar-refractivity contribution in [3.05, 3.63) is 138 Å². The number of fused-ring (bicyclic) bond motifs is 3. The molecule has 1 aliphatic carbocycles. The summed E-state index contributed by atoms with van der Waals surface area (Å²) in [5.74, 6) is 0. The first-order chi connectivity index (χ1) is 16.3. The summed E-state index contributed by atoms with van der Waals surface area (Å²) in [7, 11) is 0. The number of benzene rings is 5. The van der Waals surface area contributed by atoms with Crippen LogP contribution in [0.3, 0.4) is 0 Å². The summed E-state index contributed by atoms with van der Waals surface area (Å²) in [6.07, 6.45) is 1.03. The Kier molecular flexibility index (Phi) is 4.81. The lowest BCUT2D eigenvalue weighted by atomic mass is 9.98. The third-order valence-corrected chi connectivity index (χ3v) is 6.53. The van der Waals surface area contributed by atoms with Crippen LogP contribution in [0.4, 0.5) is 17.1 Å². The zero-order valence-electron chi connectivity index (χ0n) is 18.7. The normalized spacial score (nSPS) is 11.7.